The van der Waals surface area contributed by atoms with Crippen LogP contribution >= 0.6 is 0 Å². The zero-order chi connectivity index (χ0) is 28.6. The summed E-state index contributed by atoms with van der Waals surface area (Å²) in [5.41, 5.74) is 6.82. The van der Waals surface area contributed by atoms with Gasteiger partial charge in [-0.25, -0.2) is 13.1 Å². The van der Waals surface area contributed by atoms with Gasteiger partial charge in [-0.3, -0.25) is 9.78 Å². The van der Waals surface area contributed by atoms with Gasteiger partial charge in [0.05, 0.1) is 17.1 Å². The summed E-state index contributed by atoms with van der Waals surface area (Å²) in [6.45, 7) is 4.35. The molecule has 210 valence electrons. The molecule has 2 aliphatic carbocycles. The Morgan fingerprint density at radius 2 is 1.76 bits per heavy atom. The third-order valence-electron chi connectivity index (χ3n) is 8.33. The van der Waals surface area contributed by atoms with Crippen LogP contribution < -0.4 is 9.62 Å². The average Bonchev–Trinajstić information content (AvgIpc) is 3.71. The number of hydrogen-bond donors (Lipinski definition) is 1. The first-order valence-corrected chi connectivity index (χ1v) is 15.8. The number of nitrogens with one attached hydrogen (secondary N) is 1. The Bertz CT molecular complexity index is 1670. The molecule has 1 saturated carbocycles. The van der Waals surface area contributed by atoms with Crippen molar-refractivity contribution in [2.45, 2.75) is 62.9 Å². The van der Waals surface area contributed by atoms with Gasteiger partial charge < -0.3 is 4.90 Å². The lowest BCUT2D eigenvalue weighted by Gasteiger charge is -2.25. The van der Waals surface area contributed by atoms with Crippen molar-refractivity contribution < 1.29 is 13.2 Å². The lowest BCUT2D eigenvalue weighted by Crippen LogP contribution is -2.33. The van der Waals surface area contributed by atoms with Crippen molar-refractivity contribution in [3.05, 3.63) is 125 Å². The van der Waals surface area contributed by atoms with E-state index in [0.717, 1.165) is 53.0 Å². The summed E-state index contributed by atoms with van der Waals surface area (Å²) in [5.74, 6) is 0.203. The molecule has 1 N–H and O–H groups in total. The Kier molecular flexibility index (Phi) is 7.49. The van der Waals surface area contributed by atoms with Gasteiger partial charge in [-0.1, -0.05) is 61.5 Å². The summed E-state index contributed by atoms with van der Waals surface area (Å²) in [6.07, 6.45) is 3.14. The van der Waals surface area contributed by atoms with E-state index in [1.165, 1.54) is 5.56 Å². The molecule has 3 unspecified atom stereocenters. The van der Waals surface area contributed by atoms with Crippen LogP contribution in [0, 0.1) is 12.8 Å². The first-order valence-electron chi connectivity index (χ1n) is 14.4. The molecule has 1 fully saturated rings. The zero-order valence-electron chi connectivity index (χ0n) is 23.5. The number of carbonyl (C=O) groups is 1. The fourth-order valence-corrected chi connectivity index (χ4v) is 7.17. The highest BCUT2D eigenvalue weighted by Crippen LogP contribution is 2.49. The van der Waals surface area contributed by atoms with Crippen molar-refractivity contribution >= 4 is 21.6 Å². The number of pyridine rings is 1. The highest BCUT2D eigenvalue weighted by atomic mass is 32.2. The standard InChI is InChI=1S/C34H35N3O3S/c1-3-24-12-17-29(18-13-24)41(39,40)36-33-19-15-26-14-16-28(20-31(26)33)37(22-27-11-7-8-23(2)35-27)34(38)32-21-30(32)25-9-5-4-6-10-25/h4-14,16-18,20,30,32-33,36H,3,15,19,21-22H2,1-2H3. The number of hydrogen-bond acceptors (Lipinski definition) is 4. The topological polar surface area (TPSA) is 79.4 Å². The van der Waals surface area contributed by atoms with Gasteiger partial charge in [-0.2, -0.15) is 0 Å². The normalized spacial score (nSPS) is 19.5. The van der Waals surface area contributed by atoms with Crippen molar-refractivity contribution in [2.24, 2.45) is 5.92 Å². The predicted octanol–water partition coefficient (Wildman–Crippen LogP) is 6.26. The molecule has 0 saturated heterocycles. The second-order valence-corrected chi connectivity index (χ2v) is 12.9. The number of nitrogens with zero attached hydrogens (tertiary/aromatic N) is 2. The minimum Gasteiger partial charge on any atom is -0.306 e. The molecule has 0 bridgehead atoms. The SMILES string of the molecule is CCc1ccc(S(=O)(=O)NC2CCc3ccc(N(Cc4cccc(C)n4)C(=O)C4CC4c4ccccc4)cc32)cc1. The molecule has 0 aliphatic heterocycles. The first kappa shape index (κ1) is 27.4. The van der Waals surface area contributed by atoms with E-state index in [1.54, 1.807) is 12.1 Å². The van der Waals surface area contributed by atoms with Crippen molar-refractivity contribution in [1.29, 1.82) is 0 Å². The van der Waals surface area contributed by atoms with Crippen LogP contribution in [0.15, 0.2) is 95.9 Å². The summed E-state index contributed by atoms with van der Waals surface area (Å²) in [7, 11) is -3.70. The molecule has 3 atom stereocenters. The molecule has 0 radical (unpaired) electrons. The van der Waals surface area contributed by atoms with Gasteiger partial charge in [-0.15, -0.1) is 0 Å². The summed E-state index contributed by atoms with van der Waals surface area (Å²) < 4.78 is 29.5. The molecule has 41 heavy (non-hydrogen) atoms. The van der Waals surface area contributed by atoms with Crippen LogP contribution in [-0.2, 0) is 34.2 Å². The number of sulfonamides is 1. The molecular formula is C34H35N3O3S. The summed E-state index contributed by atoms with van der Waals surface area (Å²) >= 11 is 0. The van der Waals surface area contributed by atoms with Crippen LogP contribution in [0.4, 0.5) is 5.69 Å². The second kappa shape index (κ2) is 11.2. The smallest absolute Gasteiger partial charge is 0.241 e. The molecule has 6 nitrogen and oxygen atoms in total. The van der Waals surface area contributed by atoms with Gasteiger partial charge in [0.25, 0.3) is 0 Å². The van der Waals surface area contributed by atoms with Crippen LogP contribution in [0.5, 0.6) is 0 Å². The van der Waals surface area contributed by atoms with Crippen molar-refractivity contribution in [3.8, 4) is 0 Å². The van der Waals surface area contributed by atoms with E-state index in [4.69, 9.17) is 0 Å². The molecule has 1 heterocycles. The number of amides is 1. The largest absolute Gasteiger partial charge is 0.306 e. The van der Waals surface area contributed by atoms with Gasteiger partial charge in [0.2, 0.25) is 15.9 Å². The van der Waals surface area contributed by atoms with Gasteiger partial charge in [-0.05, 0) is 97.2 Å². The maximum absolute atomic E-state index is 14.0. The zero-order valence-corrected chi connectivity index (χ0v) is 24.3. The molecule has 1 aromatic heterocycles. The fourth-order valence-electron chi connectivity index (χ4n) is 5.92. The highest BCUT2D eigenvalue weighted by Gasteiger charge is 2.46. The Morgan fingerprint density at radius 1 is 0.976 bits per heavy atom. The minimum atomic E-state index is -3.70. The van der Waals surface area contributed by atoms with Gasteiger partial charge >= 0.3 is 0 Å². The maximum atomic E-state index is 14.0. The van der Waals surface area contributed by atoms with E-state index in [0.29, 0.717) is 13.0 Å². The molecule has 6 rings (SSSR count). The number of carbonyl (C=O) groups excluding carboxylic acids is 1. The summed E-state index contributed by atoms with van der Waals surface area (Å²) in [4.78, 5) is 20.8. The van der Waals surface area contributed by atoms with Crippen LogP contribution in [0.25, 0.3) is 0 Å². The van der Waals surface area contributed by atoms with Crippen LogP contribution in [0.1, 0.15) is 65.4 Å². The number of rotatable bonds is 9. The number of anilines is 1. The van der Waals surface area contributed by atoms with Gasteiger partial charge in [0.1, 0.15) is 0 Å². The highest BCUT2D eigenvalue weighted by molar-refractivity contribution is 7.89. The quantitative estimate of drug-likeness (QED) is 0.260. The van der Waals surface area contributed by atoms with Crippen LogP contribution in [0.2, 0.25) is 0 Å². The molecule has 2 aliphatic rings. The summed E-state index contributed by atoms with van der Waals surface area (Å²) in [6, 6.07) is 28.8. The number of fused-ring (bicyclic) bond motifs is 1. The first-order chi connectivity index (χ1) is 19.8. The monoisotopic (exact) mass is 565 g/mol. The van der Waals surface area contributed by atoms with Crippen molar-refractivity contribution in [2.75, 3.05) is 4.90 Å². The maximum Gasteiger partial charge on any atom is 0.241 e. The van der Waals surface area contributed by atoms with Crippen molar-refractivity contribution in [3.63, 3.8) is 0 Å². The third kappa shape index (κ3) is 5.83. The predicted molar refractivity (Wildman–Crippen MR) is 161 cm³/mol. The van der Waals surface area contributed by atoms with Gasteiger partial charge in [0.15, 0.2) is 0 Å². The van der Waals surface area contributed by atoms with E-state index in [9.17, 15) is 13.2 Å². The lowest BCUT2D eigenvalue weighted by atomic mass is 10.1. The lowest BCUT2D eigenvalue weighted by molar-refractivity contribution is -0.120. The molecule has 1 amide bonds. The number of aryl methyl sites for hydroxylation is 3. The van der Waals surface area contributed by atoms with E-state index in [2.05, 4.69) is 21.8 Å². The second-order valence-electron chi connectivity index (χ2n) is 11.1. The molecular weight excluding hydrogens is 530 g/mol. The third-order valence-corrected chi connectivity index (χ3v) is 9.81. The average molecular weight is 566 g/mol. The van der Waals surface area contributed by atoms with Crippen molar-refractivity contribution in [1.82, 2.24) is 9.71 Å². The fraction of sp³-hybridized carbons (Fsp3) is 0.294. The van der Waals surface area contributed by atoms with Crippen LogP contribution in [-0.4, -0.2) is 19.3 Å². The Labute approximate surface area is 242 Å². The van der Waals surface area contributed by atoms with Crippen LogP contribution in [0.3, 0.4) is 0 Å². The van der Waals surface area contributed by atoms with E-state index < -0.39 is 10.0 Å². The Hall–Kier alpha value is -3.81. The molecule has 3 aromatic carbocycles. The summed E-state index contributed by atoms with van der Waals surface area (Å²) in [5, 5.41) is 0. The van der Waals surface area contributed by atoms with E-state index >= 15 is 0 Å². The van der Waals surface area contributed by atoms with E-state index in [1.807, 2.05) is 85.5 Å². The van der Waals surface area contributed by atoms with Gasteiger partial charge in [0, 0.05) is 23.3 Å². The molecule has 0 spiro atoms. The molecule has 4 aromatic rings. The Morgan fingerprint density at radius 3 is 2.49 bits per heavy atom. The number of benzene rings is 3. The van der Waals surface area contributed by atoms with E-state index in [-0.39, 0.29) is 28.7 Å². The Balaban J connectivity index is 1.29. The minimum absolute atomic E-state index is 0.0771. The number of aromatic nitrogens is 1. The molecule has 7 heteroatoms.